The summed E-state index contributed by atoms with van der Waals surface area (Å²) in [5, 5.41) is 5.99. The van der Waals surface area contributed by atoms with Crippen LogP contribution in [0.25, 0.3) is 0 Å². The first-order valence-corrected chi connectivity index (χ1v) is 8.83. The van der Waals surface area contributed by atoms with E-state index in [0.29, 0.717) is 10.7 Å². The summed E-state index contributed by atoms with van der Waals surface area (Å²) in [5.41, 5.74) is 2.58. The van der Waals surface area contributed by atoms with Gasteiger partial charge in [0.2, 0.25) is 11.8 Å². The number of nitrogens with zero attached hydrogens (tertiary/aromatic N) is 1. The Morgan fingerprint density at radius 2 is 1.77 bits per heavy atom. The van der Waals surface area contributed by atoms with E-state index in [1.807, 2.05) is 56.1 Å². The second-order valence-corrected chi connectivity index (χ2v) is 6.65. The van der Waals surface area contributed by atoms with E-state index in [9.17, 15) is 9.59 Å². The zero-order chi connectivity index (χ0) is 19.1. The Labute approximate surface area is 159 Å². The van der Waals surface area contributed by atoms with E-state index >= 15 is 0 Å². The van der Waals surface area contributed by atoms with Gasteiger partial charge in [-0.2, -0.15) is 0 Å². The number of hydrogen-bond donors (Lipinski definition) is 2. The van der Waals surface area contributed by atoms with Crippen molar-refractivity contribution in [2.24, 2.45) is 0 Å². The summed E-state index contributed by atoms with van der Waals surface area (Å²) in [7, 11) is 1.88. The highest BCUT2D eigenvalue weighted by molar-refractivity contribution is 6.31. The zero-order valence-electron chi connectivity index (χ0n) is 15.3. The van der Waals surface area contributed by atoms with Gasteiger partial charge in [-0.1, -0.05) is 48.0 Å². The van der Waals surface area contributed by atoms with Crippen molar-refractivity contribution in [1.29, 1.82) is 0 Å². The van der Waals surface area contributed by atoms with Gasteiger partial charge in [-0.05, 0) is 44.2 Å². The summed E-state index contributed by atoms with van der Waals surface area (Å²) in [6, 6.07) is 15.4. The van der Waals surface area contributed by atoms with E-state index in [2.05, 4.69) is 10.6 Å². The Balaban J connectivity index is 1.80. The summed E-state index contributed by atoms with van der Waals surface area (Å²) < 4.78 is 0. The molecule has 0 radical (unpaired) electrons. The number of carbonyl (C=O) groups is 2. The standard InChI is InChI=1S/C20H24ClN3O2/c1-14-17(21)10-7-11-18(14)23-19(25)12-22-20(26)13-24(3)15(2)16-8-5-4-6-9-16/h4-11,15H,12-13H2,1-3H3,(H,22,26)(H,23,25). The van der Waals surface area contributed by atoms with Gasteiger partial charge >= 0.3 is 0 Å². The van der Waals surface area contributed by atoms with Gasteiger partial charge in [0.1, 0.15) is 0 Å². The molecule has 0 heterocycles. The molecule has 2 aromatic rings. The summed E-state index contributed by atoms with van der Waals surface area (Å²) >= 11 is 6.04. The van der Waals surface area contributed by atoms with Crippen LogP contribution in [0.4, 0.5) is 5.69 Å². The first kappa shape index (κ1) is 19.9. The number of halogens is 1. The summed E-state index contributed by atoms with van der Waals surface area (Å²) in [6.07, 6.45) is 0. The third kappa shape index (κ3) is 5.58. The molecule has 5 nitrogen and oxygen atoms in total. The van der Waals surface area contributed by atoms with Gasteiger partial charge < -0.3 is 10.6 Å². The van der Waals surface area contributed by atoms with Crippen molar-refractivity contribution in [3.63, 3.8) is 0 Å². The third-order valence-electron chi connectivity index (χ3n) is 4.32. The molecule has 1 atom stereocenters. The van der Waals surface area contributed by atoms with Crippen LogP contribution >= 0.6 is 11.6 Å². The minimum atomic E-state index is -0.289. The third-order valence-corrected chi connectivity index (χ3v) is 4.73. The number of likely N-dealkylation sites (N-methyl/N-ethyl adjacent to an activating group) is 1. The molecule has 2 aromatic carbocycles. The van der Waals surface area contributed by atoms with Crippen LogP contribution in [0.15, 0.2) is 48.5 Å². The van der Waals surface area contributed by atoms with Crippen molar-refractivity contribution in [2.45, 2.75) is 19.9 Å². The maximum atomic E-state index is 12.1. The highest BCUT2D eigenvalue weighted by atomic mass is 35.5. The van der Waals surface area contributed by atoms with Gasteiger partial charge in [0, 0.05) is 16.8 Å². The van der Waals surface area contributed by atoms with E-state index < -0.39 is 0 Å². The van der Waals surface area contributed by atoms with Gasteiger partial charge in [-0.25, -0.2) is 0 Å². The number of nitrogens with one attached hydrogen (secondary N) is 2. The Morgan fingerprint density at radius 3 is 2.46 bits per heavy atom. The van der Waals surface area contributed by atoms with Crippen molar-refractivity contribution < 1.29 is 9.59 Å². The number of anilines is 1. The van der Waals surface area contributed by atoms with Gasteiger partial charge in [0.15, 0.2) is 0 Å². The molecule has 0 aliphatic rings. The van der Waals surface area contributed by atoms with Crippen molar-refractivity contribution >= 4 is 29.1 Å². The minimum Gasteiger partial charge on any atom is -0.346 e. The van der Waals surface area contributed by atoms with E-state index in [4.69, 9.17) is 11.6 Å². The molecule has 0 saturated heterocycles. The highest BCUT2D eigenvalue weighted by Crippen LogP contribution is 2.22. The van der Waals surface area contributed by atoms with Gasteiger partial charge in [-0.3, -0.25) is 14.5 Å². The molecular formula is C20H24ClN3O2. The number of carbonyl (C=O) groups excluding carboxylic acids is 2. The molecule has 0 aliphatic carbocycles. The molecule has 0 spiro atoms. The quantitative estimate of drug-likeness (QED) is 0.782. The number of rotatable bonds is 7. The van der Waals surface area contributed by atoms with Crippen molar-refractivity contribution in [3.05, 3.63) is 64.7 Å². The maximum Gasteiger partial charge on any atom is 0.243 e. The van der Waals surface area contributed by atoms with Crippen LogP contribution in [0.3, 0.4) is 0 Å². The largest absolute Gasteiger partial charge is 0.346 e. The highest BCUT2D eigenvalue weighted by Gasteiger charge is 2.15. The lowest BCUT2D eigenvalue weighted by Gasteiger charge is -2.24. The van der Waals surface area contributed by atoms with Gasteiger partial charge in [0.05, 0.1) is 13.1 Å². The first-order chi connectivity index (χ1) is 12.4. The molecule has 2 amide bonds. The molecule has 6 heteroatoms. The van der Waals surface area contributed by atoms with Crippen LogP contribution < -0.4 is 10.6 Å². The summed E-state index contributed by atoms with van der Waals surface area (Å²) in [4.78, 5) is 26.1. The summed E-state index contributed by atoms with van der Waals surface area (Å²) in [5.74, 6) is -0.490. The smallest absolute Gasteiger partial charge is 0.243 e. The molecule has 2 rings (SSSR count). The van der Waals surface area contributed by atoms with Crippen LogP contribution in [0.5, 0.6) is 0 Å². The molecule has 0 bridgehead atoms. The topological polar surface area (TPSA) is 61.4 Å². The van der Waals surface area contributed by atoms with Crippen molar-refractivity contribution in [3.8, 4) is 0 Å². The number of amides is 2. The Morgan fingerprint density at radius 1 is 1.08 bits per heavy atom. The van der Waals surface area contributed by atoms with E-state index in [-0.39, 0.29) is 30.9 Å². The molecule has 1 unspecified atom stereocenters. The maximum absolute atomic E-state index is 12.1. The lowest BCUT2D eigenvalue weighted by molar-refractivity contribution is -0.125. The molecular weight excluding hydrogens is 350 g/mol. The SMILES string of the molecule is Cc1c(Cl)cccc1NC(=O)CNC(=O)CN(C)C(C)c1ccccc1. The molecule has 138 valence electrons. The molecule has 0 fully saturated rings. The van der Waals surface area contributed by atoms with E-state index in [1.54, 1.807) is 18.2 Å². The van der Waals surface area contributed by atoms with Crippen LogP contribution in [0.2, 0.25) is 5.02 Å². The Kier molecular flexibility index (Phi) is 7.18. The normalized spacial score (nSPS) is 11.9. The number of benzene rings is 2. The van der Waals surface area contributed by atoms with Crippen LogP contribution in [-0.4, -0.2) is 36.9 Å². The van der Waals surface area contributed by atoms with E-state index in [0.717, 1.165) is 11.1 Å². The average Bonchev–Trinajstić information content (AvgIpc) is 2.64. The van der Waals surface area contributed by atoms with Crippen LogP contribution in [0, 0.1) is 6.92 Å². The van der Waals surface area contributed by atoms with Gasteiger partial charge in [0.25, 0.3) is 0 Å². The fourth-order valence-electron chi connectivity index (χ4n) is 2.52. The zero-order valence-corrected chi connectivity index (χ0v) is 16.0. The first-order valence-electron chi connectivity index (χ1n) is 8.45. The Hall–Kier alpha value is -2.37. The van der Waals surface area contributed by atoms with Crippen molar-refractivity contribution in [2.75, 3.05) is 25.5 Å². The predicted octanol–water partition coefficient (Wildman–Crippen LogP) is 3.40. The Bertz CT molecular complexity index is 765. The predicted molar refractivity (Wildman–Crippen MR) is 105 cm³/mol. The van der Waals surface area contributed by atoms with E-state index in [1.165, 1.54) is 0 Å². The minimum absolute atomic E-state index is 0.0850. The monoisotopic (exact) mass is 373 g/mol. The molecule has 0 aliphatic heterocycles. The second-order valence-electron chi connectivity index (χ2n) is 6.24. The molecule has 0 saturated carbocycles. The fourth-order valence-corrected chi connectivity index (χ4v) is 2.70. The molecule has 26 heavy (non-hydrogen) atoms. The van der Waals surface area contributed by atoms with Crippen molar-refractivity contribution in [1.82, 2.24) is 10.2 Å². The van der Waals surface area contributed by atoms with Crippen LogP contribution in [-0.2, 0) is 9.59 Å². The summed E-state index contributed by atoms with van der Waals surface area (Å²) in [6.45, 7) is 3.99. The lowest BCUT2D eigenvalue weighted by atomic mass is 10.1. The fraction of sp³-hybridized carbons (Fsp3) is 0.300. The average molecular weight is 374 g/mol. The second kappa shape index (κ2) is 9.36. The number of hydrogen-bond acceptors (Lipinski definition) is 3. The van der Waals surface area contributed by atoms with Crippen LogP contribution in [0.1, 0.15) is 24.1 Å². The molecule has 2 N–H and O–H groups in total. The van der Waals surface area contributed by atoms with Gasteiger partial charge in [-0.15, -0.1) is 0 Å². The molecule has 0 aromatic heterocycles. The lowest BCUT2D eigenvalue weighted by Crippen LogP contribution is -2.40.